The first-order valence-electron chi connectivity index (χ1n) is 8.85. The van der Waals surface area contributed by atoms with E-state index in [-0.39, 0.29) is 0 Å². The fourth-order valence-corrected chi connectivity index (χ4v) is 4.50. The topological polar surface area (TPSA) is 15.3 Å². The van der Waals surface area contributed by atoms with Crippen LogP contribution in [0.15, 0.2) is 0 Å². The van der Waals surface area contributed by atoms with Crippen LogP contribution in [-0.4, -0.2) is 36.1 Å². The molecule has 20 heavy (non-hydrogen) atoms. The van der Waals surface area contributed by atoms with Crippen LogP contribution in [0.2, 0.25) is 0 Å². The fourth-order valence-electron chi connectivity index (χ4n) is 4.50. The van der Waals surface area contributed by atoms with Crippen LogP contribution in [0.25, 0.3) is 0 Å². The van der Waals surface area contributed by atoms with Gasteiger partial charge in [-0.1, -0.05) is 27.2 Å². The third-order valence-corrected chi connectivity index (χ3v) is 5.85. The van der Waals surface area contributed by atoms with Gasteiger partial charge in [-0.15, -0.1) is 0 Å². The monoisotopic (exact) mass is 280 g/mol. The van der Waals surface area contributed by atoms with E-state index in [2.05, 4.69) is 44.8 Å². The Kier molecular flexibility index (Phi) is 5.18. The maximum absolute atomic E-state index is 3.89. The van der Waals surface area contributed by atoms with Crippen LogP contribution in [-0.2, 0) is 0 Å². The van der Waals surface area contributed by atoms with Crippen molar-refractivity contribution in [1.29, 1.82) is 0 Å². The third-order valence-electron chi connectivity index (χ3n) is 5.85. The molecule has 2 heteroatoms. The Bertz CT molecular complexity index is 309. The molecule has 1 saturated carbocycles. The summed E-state index contributed by atoms with van der Waals surface area (Å²) in [6, 6.07) is 0.701. The van der Waals surface area contributed by atoms with Crippen molar-refractivity contribution >= 4 is 0 Å². The van der Waals surface area contributed by atoms with Gasteiger partial charge >= 0.3 is 0 Å². The molecule has 0 amide bonds. The smallest absolute Gasteiger partial charge is 0.0159 e. The van der Waals surface area contributed by atoms with Crippen molar-refractivity contribution in [2.75, 3.05) is 19.6 Å². The first-order valence-corrected chi connectivity index (χ1v) is 8.85. The van der Waals surface area contributed by atoms with E-state index in [0.717, 1.165) is 5.92 Å². The van der Waals surface area contributed by atoms with Gasteiger partial charge < -0.3 is 5.32 Å². The molecule has 2 rings (SSSR count). The second-order valence-corrected chi connectivity index (χ2v) is 8.43. The van der Waals surface area contributed by atoms with E-state index in [1.54, 1.807) is 0 Å². The summed E-state index contributed by atoms with van der Waals surface area (Å²) >= 11 is 0. The van der Waals surface area contributed by atoms with E-state index >= 15 is 0 Å². The van der Waals surface area contributed by atoms with Crippen LogP contribution in [0, 0.1) is 11.3 Å². The largest absolute Gasteiger partial charge is 0.313 e. The van der Waals surface area contributed by atoms with Crippen LogP contribution in [0.3, 0.4) is 0 Å². The molecule has 1 N–H and O–H groups in total. The third kappa shape index (κ3) is 3.57. The normalized spacial score (nSPS) is 33.5. The van der Waals surface area contributed by atoms with E-state index in [0.29, 0.717) is 17.0 Å². The van der Waals surface area contributed by atoms with Crippen molar-refractivity contribution < 1.29 is 0 Å². The molecular formula is C18H36N2. The second-order valence-electron chi connectivity index (χ2n) is 8.43. The standard InChI is InChI=1S/C18H36N2/c1-6-12-19-16-15(9-7-10-17(16,2)3)14-20-13-8-11-18(20,4)5/h15-16,19H,6-14H2,1-5H3. The molecule has 1 aliphatic carbocycles. The molecule has 2 atom stereocenters. The Labute approximate surface area is 126 Å². The molecule has 2 unspecified atom stereocenters. The molecule has 2 fully saturated rings. The lowest BCUT2D eigenvalue weighted by Gasteiger charge is -2.47. The quantitative estimate of drug-likeness (QED) is 0.817. The van der Waals surface area contributed by atoms with Crippen molar-refractivity contribution in [3.63, 3.8) is 0 Å². The highest BCUT2D eigenvalue weighted by Crippen LogP contribution is 2.41. The number of nitrogens with one attached hydrogen (secondary N) is 1. The number of hydrogen-bond acceptors (Lipinski definition) is 2. The summed E-state index contributed by atoms with van der Waals surface area (Å²) in [4.78, 5) is 2.76. The van der Waals surface area contributed by atoms with E-state index in [9.17, 15) is 0 Å². The van der Waals surface area contributed by atoms with Crippen LogP contribution in [0.4, 0.5) is 0 Å². The van der Waals surface area contributed by atoms with Crippen LogP contribution in [0.1, 0.15) is 73.1 Å². The minimum Gasteiger partial charge on any atom is -0.313 e. The molecule has 1 heterocycles. The van der Waals surface area contributed by atoms with Gasteiger partial charge in [0.2, 0.25) is 0 Å². The molecule has 0 aromatic carbocycles. The number of nitrogens with zero attached hydrogens (tertiary/aromatic N) is 1. The van der Waals surface area contributed by atoms with Gasteiger partial charge in [0, 0.05) is 18.1 Å². The van der Waals surface area contributed by atoms with Crippen molar-refractivity contribution in [3.05, 3.63) is 0 Å². The Morgan fingerprint density at radius 3 is 2.45 bits per heavy atom. The van der Waals surface area contributed by atoms with E-state index in [4.69, 9.17) is 0 Å². The average Bonchev–Trinajstić information content (AvgIpc) is 2.67. The predicted octanol–water partition coefficient (Wildman–Crippen LogP) is 4.06. The van der Waals surface area contributed by atoms with Crippen LogP contribution >= 0.6 is 0 Å². The van der Waals surface area contributed by atoms with Crippen molar-refractivity contribution in [3.8, 4) is 0 Å². The lowest BCUT2D eigenvalue weighted by atomic mass is 9.67. The number of rotatable bonds is 5. The second kappa shape index (κ2) is 6.36. The van der Waals surface area contributed by atoms with Crippen molar-refractivity contribution in [2.24, 2.45) is 11.3 Å². The summed E-state index contributed by atoms with van der Waals surface area (Å²) in [6.07, 6.45) is 8.21. The SMILES string of the molecule is CCCNC1C(CN2CCCC2(C)C)CCCC1(C)C. The lowest BCUT2D eigenvalue weighted by molar-refractivity contribution is 0.0590. The highest BCUT2D eigenvalue weighted by molar-refractivity contribution is 4.97. The first kappa shape index (κ1) is 16.3. The molecule has 0 spiro atoms. The van der Waals surface area contributed by atoms with Gasteiger partial charge in [-0.25, -0.2) is 0 Å². The average molecular weight is 280 g/mol. The van der Waals surface area contributed by atoms with Gasteiger partial charge in [0.1, 0.15) is 0 Å². The fraction of sp³-hybridized carbons (Fsp3) is 1.00. The van der Waals surface area contributed by atoms with E-state index in [1.165, 1.54) is 58.2 Å². The molecule has 1 saturated heterocycles. The molecule has 2 aliphatic rings. The Hall–Kier alpha value is -0.0800. The number of hydrogen-bond donors (Lipinski definition) is 1. The van der Waals surface area contributed by atoms with Gasteiger partial charge in [0.25, 0.3) is 0 Å². The van der Waals surface area contributed by atoms with Crippen LogP contribution in [0.5, 0.6) is 0 Å². The zero-order chi connectivity index (χ0) is 14.8. The van der Waals surface area contributed by atoms with Crippen LogP contribution < -0.4 is 5.32 Å². The minimum atomic E-state index is 0.427. The molecular weight excluding hydrogens is 244 g/mol. The zero-order valence-electron chi connectivity index (χ0n) is 14.5. The summed E-state index contributed by atoms with van der Waals surface area (Å²) in [6.45, 7) is 15.9. The Morgan fingerprint density at radius 2 is 1.85 bits per heavy atom. The Morgan fingerprint density at radius 1 is 1.10 bits per heavy atom. The van der Waals surface area contributed by atoms with Gasteiger partial charge in [0.15, 0.2) is 0 Å². The highest BCUT2D eigenvalue weighted by Gasteiger charge is 2.41. The first-order chi connectivity index (χ1) is 9.37. The maximum Gasteiger partial charge on any atom is 0.0159 e. The molecule has 0 aromatic heterocycles. The Balaban J connectivity index is 2.03. The maximum atomic E-state index is 3.89. The van der Waals surface area contributed by atoms with E-state index < -0.39 is 0 Å². The van der Waals surface area contributed by atoms with Crippen molar-refractivity contribution in [1.82, 2.24) is 10.2 Å². The zero-order valence-corrected chi connectivity index (χ0v) is 14.5. The number of likely N-dealkylation sites (tertiary alicyclic amines) is 1. The summed E-state index contributed by atoms with van der Waals surface area (Å²) in [5.41, 5.74) is 0.888. The van der Waals surface area contributed by atoms with E-state index in [1.807, 2.05) is 0 Å². The summed E-state index contributed by atoms with van der Waals surface area (Å²) in [7, 11) is 0. The van der Waals surface area contributed by atoms with Gasteiger partial charge in [-0.2, -0.15) is 0 Å². The highest BCUT2D eigenvalue weighted by atomic mass is 15.2. The molecule has 2 nitrogen and oxygen atoms in total. The molecule has 0 bridgehead atoms. The van der Waals surface area contributed by atoms with Gasteiger partial charge in [-0.05, 0) is 70.4 Å². The molecule has 0 radical (unpaired) electrons. The van der Waals surface area contributed by atoms with Gasteiger partial charge in [0.05, 0.1) is 0 Å². The summed E-state index contributed by atoms with van der Waals surface area (Å²) < 4.78 is 0. The van der Waals surface area contributed by atoms with Gasteiger partial charge in [-0.3, -0.25) is 4.90 Å². The predicted molar refractivity (Wildman–Crippen MR) is 88.1 cm³/mol. The van der Waals surface area contributed by atoms with Crippen molar-refractivity contribution in [2.45, 2.75) is 84.7 Å². The molecule has 118 valence electrons. The minimum absolute atomic E-state index is 0.427. The summed E-state index contributed by atoms with van der Waals surface area (Å²) in [5.74, 6) is 0.836. The molecule has 0 aromatic rings. The summed E-state index contributed by atoms with van der Waals surface area (Å²) in [5, 5.41) is 3.89. The molecule has 1 aliphatic heterocycles. The lowest BCUT2D eigenvalue weighted by Crippen LogP contribution is -2.54.